The molecular formula is C12H15F2NO3. The highest BCUT2D eigenvalue weighted by Gasteiger charge is 2.29. The second-order valence-electron chi connectivity index (χ2n) is 4.08. The van der Waals surface area contributed by atoms with Crippen LogP contribution in [0.15, 0.2) is 18.2 Å². The van der Waals surface area contributed by atoms with Gasteiger partial charge in [0.1, 0.15) is 11.4 Å². The van der Waals surface area contributed by atoms with E-state index in [1.807, 2.05) is 0 Å². The fraction of sp³-hybridized carbons (Fsp3) is 0.417. The molecule has 1 unspecified atom stereocenters. The fourth-order valence-electron chi connectivity index (χ4n) is 1.30. The predicted molar refractivity (Wildman–Crippen MR) is 61.1 cm³/mol. The van der Waals surface area contributed by atoms with Crippen molar-refractivity contribution >= 4 is 5.97 Å². The molecule has 0 aliphatic rings. The zero-order valence-corrected chi connectivity index (χ0v) is 10.2. The Morgan fingerprint density at radius 2 is 2.11 bits per heavy atom. The Morgan fingerprint density at radius 1 is 1.44 bits per heavy atom. The highest BCUT2D eigenvalue weighted by atomic mass is 19.1. The minimum atomic E-state index is -1.22. The van der Waals surface area contributed by atoms with E-state index >= 15 is 0 Å². The van der Waals surface area contributed by atoms with E-state index in [2.05, 4.69) is 4.74 Å². The molecule has 0 fully saturated rings. The summed E-state index contributed by atoms with van der Waals surface area (Å²) in [5, 5.41) is 0. The molecule has 1 atom stereocenters. The Kier molecular flexibility index (Phi) is 4.61. The van der Waals surface area contributed by atoms with Gasteiger partial charge in [-0.1, -0.05) is 0 Å². The first kappa shape index (κ1) is 14.4. The van der Waals surface area contributed by atoms with Gasteiger partial charge in [0.2, 0.25) is 0 Å². The third kappa shape index (κ3) is 3.66. The molecule has 2 N–H and O–H groups in total. The summed E-state index contributed by atoms with van der Waals surface area (Å²) in [4.78, 5) is 11.3. The highest BCUT2D eigenvalue weighted by molar-refractivity contribution is 5.79. The van der Waals surface area contributed by atoms with Crippen LogP contribution in [0.4, 0.5) is 8.78 Å². The van der Waals surface area contributed by atoms with Gasteiger partial charge in [0, 0.05) is 12.5 Å². The van der Waals surface area contributed by atoms with Crippen molar-refractivity contribution in [1.82, 2.24) is 0 Å². The average molecular weight is 259 g/mol. The number of esters is 1. The SMILES string of the molecule is COC(=O)C(C)(N)CCOc1cc(F)ccc1F. The van der Waals surface area contributed by atoms with Crippen LogP contribution < -0.4 is 10.5 Å². The number of halogens is 2. The van der Waals surface area contributed by atoms with Crippen LogP contribution in [0.3, 0.4) is 0 Å². The standard InChI is InChI=1S/C12H15F2NO3/c1-12(15,11(16)17-2)5-6-18-10-7-8(13)3-4-9(10)14/h3-4,7H,5-6,15H2,1-2H3. The number of methoxy groups -OCH3 is 1. The molecule has 1 aromatic carbocycles. The van der Waals surface area contributed by atoms with Crippen molar-refractivity contribution in [2.45, 2.75) is 18.9 Å². The number of benzene rings is 1. The lowest BCUT2D eigenvalue weighted by Gasteiger charge is -2.21. The lowest BCUT2D eigenvalue weighted by Crippen LogP contribution is -2.46. The maximum atomic E-state index is 13.2. The van der Waals surface area contributed by atoms with Crippen molar-refractivity contribution in [2.75, 3.05) is 13.7 Å². The topological polar surface area (TPSA) is 61.5 Å². The number of rotatable bonds is 5. The summed E-state index contributed by atoms with van der Waals surface area (Å²) in [6.45, 7) is 1.45. The third-order valence-corrected chi connectivity index (χ3v) is 2.42. The minimum absolute atomic E-state index is 0.0253. The molecule has 0 amide bonds. The molecular weight excluding hydrogens is 244 g/mol. The Balaban J connectivity index is 2.56. The van der Waals surface area contributed by atoms with E-state index in [9.17, 15) is 13.6 Å². The molecule has 100 valence electrons. The molecule has 0 heterocycles. The summed E-state index contributed by atoms with van der Waals surface area (Å²) >= 11 is 0. The van der Waals surface area contributed by atoms with Gasteiger partial charge in [-0.05, 0) is 19.1 Å². The molecule has 0 aliphatic heterocycles. The van der Waals surface area contributed by atoms with Gasteiger partial charge >= 0.3 is 5.97 Å². The van der Waals surface area contributed by atoms with Crippen LogP contribution in [0.25, 0.3) is 0 Å². The van der Waals surface area contributed by atoms with Crippen molar-refractivity contribution < 1.29 is 23.0 Å². The number of nitrogens with two attached hydrogens (primary N) is 1. The maximum absolute atomic E-state index is 13.2. The van der Waals surface area contributed by atoms with Gasteiger partial charge in [-0.15, -0.1) is 0 Å². The van der Waals surface area contributed by atoms with Gasteiger partial charge in [0.15, 0.2) is 11.6 Å². The van der Waals surface area contributed by atoms with Crippen LogP contribution in [0.1, 0.15) is 13.3 Å². The Bertz CT molecular complexity index is 435. The first-order valence-corrected chi connectivity index (χ1v) is 5.32. The van der Waals surface area contributed by atoms with Crippen LogP contribution in [-0.2, 0) is 9.53 Å². The smallest absolute Gasteiger partial charge is 0.325 e. The van der Waals surface area contributed by atoms with Gasteiger partial charge in [-0.3, -0.25) is 4.79 Å². The van der Waals surface area contributed by atoms with E-state index in [1.165, 1.54) is 14.0 Å². The van der Waals surface area contributed by atoms with Crippen LogP contribution in [-0.4, -0.2) is 25.2 Å². The second kappa shape index (κ2) is 5.77. The fourth-order valence-corrected chi connectivity index (χ4v) is 1.30. The van der Waals surface area contributed by atoms with Crippen molar-refractivity contribution in [3.8, 4) is 5.75 Å². The van der Waals surface area contributed by atoms with Crippen LogP contribution in [0.2, 0.25) is 0 Å². The highest BCUT2D eigenvalue weighted by Crippen LogP contribution is 2.19. The number of hydrogen-bond donors (Lipinski definition) is 1. The number of carbonyl (C=O) groups excluding carboxylic acids is 1. The molecule has 4 nitrogen and oxygen atoms in total. The Labute approximate surface area is 104 Å². The largest absolute Gasteiger partial charge is 0.490 e. The molecule has 0 aromatic heterocycles. The molecule has 0 spiro atoms. The van der Waals surface area contributed by atoms with Crippen LogP contribution in [0, 0.1) is 11.6 Å². The third-order valence-electron chi connectivity index (χ3n) is 2.42. The van der Waals surface area contributed by atoms with E-state index in [0.29, 0.717) is 0 Å². The lowest BCUT2D eigenvalue weighted by atomic mass is 10.0. The lowest BCUT2D eigenvalue weighted by molar-refractivity contribution is -0.146. The van der Waals surface area contributed by atoms with Crippen molar-refractivity contribution in [2.24, 2.45) is 5.73 Å². The molecule has 0 radical (unpaired) electrons. The van der Waals surface area contributed by atoms with E-state index in [1.54, 1.807) is 0 Å². The summed E-state index contributed by atoms with van der Waals surface area (Å²) in [6, 6.07) is 2.89. The van der Waals surface area contributed by atoms with Crippen molar-refractivity contribution in [1.29, 1.82) is 0 Å². The van der Waals surface area contributed by atoms with Crippen LogP contribution in [0.5, 0.6) is 5.75 Å². The second-order valence-corrected chi connectivity index (χ2v) is 4.08. The van der Waals surface area contributed by atoms with E-state index in [4.69, 9.17) is 10.5 Å². The van der Waals surface area contributed by atoms with E-state index in [-0.39, 0.29) is 18.8 Å². The summed E-state index contributed by atoms with van der Waals surface area (Å²) in [7, 11) is 1.22. The van der Waals surface area contributed by atoms with Gasteiger partial charge < -0.3 is 15.2 Å². The number of ether oxygens (including phenoxy) is 2. The molecule has 0 saturated heterocycles. The normalized spacial score (nSPS) is 13.8. The maximum Gasteiger partial charge on any atom is 0.325 e. The number of hydrogen-bond acceptors (Lipinski definition) is 4. The molecule has 0 bridgehead atoms. The molecule has 1 rings (SSSR count). The zero-order valence-electron chi connectivity index (χ0n) is 10.2. The van der Waals surface area contributed by atoms with Gasteiger partial charge in [-0.25, -0.2) is 8.78 Å². The molecule has 18 heavy (non-hydrogen) atoms. The summed E-state index contributed by atoms with van der Waals surface area (Å²) in [6.07, 6.45) is 0.121. The molecule has 1 aromatic rings. The number of carbonyl (C=O) groups is 1. The van der Waals surface area contributed by atoms with Gasteiger partial charge in [0.25, 0.3) is 0 Å². The zero-order chi connectivity index (χ0) is 13.8. The first-order chi connectivity index (χ1) is 8.36. The monoisotopic (exact) mass is 259 g/mol. The average Bonchev–Trinajstić information content (AvgIpc) is 2.32. The quantitative estimate of drug-likeness (QED) is 0.816. The van der Waals surface area contributed by atoms with Crippen LogP contribution >= 0.6 is 0 Å². The predicted octanol–water partition coefficient (Wildman–Crippen LogP) is 1.62. The molecule has 0 saturated carbocycles. The Hall–Kier alpha value is -1.69. The molecule has 0 aliphatic carbocycles. The summed E-state index contributed by atoms with van der Waals surface area (Å²) in [5.74, 6) is -2.08. The first-order valence-electron chi connectivity index (χ1n) is 5.32. The van der Waals surface area contributed by atoms with E-state index < -0.39 is 23.1 Å². The summed E-state index contributed by atoms with van der Waals surface area (Å²) < 4.78 is 35.6. The Morgan fingerprint density at radius 3 is 2.72 bits per heavy atom. The van der Waals surface area contributed by atoms with Crippen molar-refractivity contribution in [3.05, 3.63) is 29.8 Å². The van der Waals surface area contributed by atoms with Gasteiger partial charge in [0.05, 0.1) is 13.7 Å². The van der Waals surface area contributed by atoms with Crippen molar-refractivity contribution in [3.63, 3.8) is 0 Å². The summed E-state index contributed by atoms with van der Waals surface area (Å²) in [5.41, 5.74) is 4.46. The molecule has 6 heteroatoms. The van der Waals surface area contributed by atoms with E-state index in [0.717, 1.165) is 18.2 Å². The minimum Gasteiger partial charge on any atom is -0.490 e. The van der Waals surface area contributed by atoms with Gasteiger partial charge in [-0.2, -0.15) is 0 Å².